The summed E-state index contributed by atoms with van der Waals surface area (Å²) in [5.74, 6) is -0.195. The molecule has 1 aromatic heterocycles. The number of hydrogen-bond acceptors (Lipinski definition) is 4. The summed E-state index contributed by atoms with van der Waals surface area (Å²) in [6, 6.07) is 0. The highest BCUT2D eigenvalue weighted by molar-refractivity contribution is 9.11. The zero-order chi connectivity index (χ0) is 8.97. The standard InChI is InChI=1S/C6H7BrN2O2S/c1-11-3-5(10)9-6-8-2-4(7)12-6/h2H,3H2,1H3,(H,8,9,10). The van der Waals surface area contributed by atoms with Gasteiger partial charge in [0.15, 0.2) is 5.13 Å². The van der Waals surface area contributed by atoms with Crippen LogP contribution in [0.1, 0.15) is 0 Å². The summed E-state index contributed by atoms with van der Waals surface area (Å²) in [5.41, 5.74) is 0. The summed E-state index contributed by atoms with van der Waals surface area (Å²) < 4.78 is 5.52. The van der Waals surface area contributed by atoms with Crippen molar-refractivity contribution in [3.63, 3.8) is 0 Å². The molecule has 0 atom stereocenters. The van der Waals surface area contributed by atoms with Crippen molar-refractivity contribution in [1.29, 1.82) is 0 Å². The zero-order valence-corrected chi connectivity index (χ0v) is 8.74. The molecule has 0 fully saturated rings. The van der Waals surface area contributed by atoms with E-state index in [1.54, 1.807) is 6.20 Å². The predicted molar refractivity (Wildman–Crippen MR) is 50.3 cm³/mol. The zero-order valence-electron chi connectivity index (χ0n) is 6.33. The number of methoxy groups -OCH3 is 1. The lowest BCUT2D eigenvalue weighted by atomic mass is 10.6. The first-order valence-electron chi connectivity index (χ1n) is 3.12. The maximum atomic E-state index is 10.9. The molecule has 0 radical (unpaired) electrons. The fraction of sp³-hybridized carbons (Fsp3) is 0.333. The normalized spacial score (nSPS) is 9.83. The summed E-state index contributed by atoms with van der Waals surface area (Å²) in [7, 11) is 1.47. The maximum absolute atomic E-state index is 10.9. The quantitative estimate of drug-likeness (QED) is 0.885. The van der Waals surface area contributed by atoms with Gasteiger partial charge in [-0.2, -0.15) is 0 Å². The first kappa shape index (κ1) is 9.63. The van der Waals surface area contributed by atoms with Gasteiger partial charge in [-0.05, 0) is 15.9 Å². The van der Waals surface area contributed by atoms with Crippen molar-refractivity contribution in [2.75, 3.05) is 19.0 Å². The highest BCUT2D eigenvalue weighted by atomic mass is 79.9. The fourth-order valence-electron chi connectivity index (χ4n) is 0.599. The first-order valence-corrected chi connectivity index (χ1v) is 4.73. The molecule has 12 heavy (non-hydrogen) atoms. The molecule has 0 spiro atoms. The fourth-order valence-corrected chi connectivity index (χ4v) is 1.72. The smallest absolute Gasteiger partial charge is 0.252 e. The third-order valence-electron chi connectivity index (χ3n) is 0.999. The second kappa shape index (κ2) is 4.54. The van der Waals surface area contributed by atoms with Crippen LogP contribution < -0.4 is 5.32 Å². The summed E-state index contributed by atoms with van der Waals surface area (Å²) >= 11 is 4.59. The molecule has 0 bridgehead atoms. The van der Waals surface area contributed by atoms with Gasteiger partial charge in [-0.1, -0.05) is 11.3 Å². The molecule has 1 rings (SSSR count). The van der Waals surface area contributed by atoms with E-state index < -0.39 is 0 Å². The largest absolute Gasteiger partial charge is 0.375 e. The van der Waals surface area contributed by atoms with Gasteiger partial charge in [-0.15, -0.1) is 0 Å². The van der Waals surface area contributed by atoms with Gasteiger partial charge in [-0.3, -0.25) is 10.1 Å². The Morgan fingerprint density at radius 2 is 2.67 bits per heavy atom. The average molecular weight is 251 g/mol. The lowest BCUT2D eigenvalue weighted by Gasteiger charge is -1.97. The van der Waals surface area contributed by atoms with Crippen LogP contribution in [-0.2, 0) is 9.53 Å². The first-order chi connectivity index (χ1) is 5.72. The Kier molecular flexibility index (Phi) is 3.64. The molecular formula is C6H7BrN2O2S. The number of hydrogen-bond donors (Lipinski definition) is 1. The minimum Gasteiger partial charge on any atom is -0.375 e. The van der Waals surface area contributed by atoms with Crippen LogP contribution in [0, 0.1) is 0 Å². The van der Waals surface area contributed by atoms with Gasteiger partial charge >= 0.3 is 0 Å². The number of rotatable bonds is 3. The summed E-state index contributed by atoms with van der Waals surface area (Å²) in [6.07, 6.45) is 1.63. The van der Waals surface area contributed by atoms with E-state index in [4.69, 9.17) is 0 Å². The van der Waals surface area contributed by atoms with E-state index >= 15 is 0 Å². The highest BCUT2D eigenvalue weighted by Gasteiger charge is 2.03. The Labute approximate surface area is 82.1 Å². The number of nitrogens with zero attached hydrogens (tertiary/aromatic N) is 1. The van der Waals surface area contributed by atoms with E-state index in [0.29, 0.717) is 5.13 Å². The number of thiazole rings is 1. The molecule has 1 aromatic rings. The summed E-state index contributed by atoms with van der Waals surface area (Å²) in [6.45, 7) is 0.0528. The Hall–Kier alpha value is -0.460. The molecule has 0 aliphatic rings. The summed E-state index contributed by atoms with van der Waals surface area (Å²) in [4.78, 5) is 14.9. The van der Waals surface area contributed by atoms with Crippen LogP contribution in [0.4, 0.5) is 5.13 Å². The lowest BCUT2D eigenvalue weighted by Crippen LogP contribution is -2.16. The minimum absolute atomic E-state index is 0.0528. The Morgan fingerprint density at radius 3 is 3.17 bits per heavy atom. The molecule has 0 aliphatic carbocycles. The number of carbonyl (C=O) groups is 1. The molecule has 0 aliphatic heterocycles. The average Bonchev–Trinajstić information content (AvgIpc) is 2.36. The van der Waals surface area contributed by atoms with E-state index in [-0.39, 0.29) is 12.5 Å². The van der Waals surface area contributed by atoms with Crippen LogP contribution in [0.25, 0.3) is 0 Å². The third-order valence-corrected chi connectivity index (χ3v) is 2.39. The van der Waals surface area contributed by atoms with E-state index in [1.807, 2.05) is 0 Å². The number of aromatic nitrogens is 1. The van der Waals surface area contributed by atoms with Crippen molar-refractivity contribution in [2.45, 2.75) is 0 Å². The number of halogens is 1. The van der Waals surface area contributed by atoms with Crippen molar-refractivity contribution in [3.05, 3.63) is 9.98 Å². The molecule has 4 nitrogen and oxygen atoms in total. The van der Waals surface area contributed by atoms with E-state index in [2.05, 4.69) is 31.0 Å². The van der Waals surface area contributed by atoms with Gasteiger partial charge in [0.25, 0.3) is 5.91 Å². The van der Waals surface area contributed by atoms with Crippen LogP contribution in [0.15, 0.2) is 9.98 Å². The number of amides is 1. The molecule has 1 N–H and O–H groups in total. The molecule has 0 saturated carbocycles. The van der Waals surface area contributed by atoms with Crippen molar-refractivity contribution in [1.82, 2.24) is 4.98 Å². The highest BCUT2D eigenvalue weighted by Crippen LogP contribution is 2.22. The number of nitrogens with one attached hydrogen (secondary N) is 1. The van der Waals surface area contributed by atoms with Gasteiger partial charge in [0.2, 0.25) is 0 Å². The molecule has 1 amide bonds. The van der Waals surface area contributed by atoms with Gasteiger partial charge in [0.1, 0.15) is 6.61 Å². The minimum atomic E-state index is -0.195. The third kappa shape index (κ3) is 2.88. The lowest BCUT2D eigenvalue weighted by molar-refractivity contribution is -0.119. The molecule has 0 saturated heterocycles. The van der Waals surface area contributed by atoms with Gasteiger partial charge in [-0.25, -0.2) is 4.98 Å². The number of anilines is 1. The van der Waals surface area contributed by atoms with Crippen LogP contribution in [0.2, 0.25) is 0 Å². The monoisotopic (exact) mass is 250 g/mol. The van der Waals surface area contributed by atoms with E-state index in [1.165, 1.54) is 18.4 Å². The second-order valence-electron chi connectivity index (χ2n) is 1.95. The van der Waals surface area contributed by atoms with Crippen molar-refractivity contribution in [2.24, 2.45) is 0 Å². The van der Waals surface area contributed by atoms with Crippen LogP contribution >= 0.6 is 27.3 Å². The summed E-state index contributed by atoms with van der Waals surface area (Å²) in [5, 5.41) is 3.15. The Balaban J connectivity index is 2.46. The van der Waals surface area contributed by atoms with Gasteiger partial charge < -0.3 is 4.74 Å². The predicted octanol–water partition coefficient (Wildman–Crippen LogP) is 1.49. The van der Waals surface area contributed by atoms with Gasteiger partial charge in [0, 0.05) is 7.11 Å². The van der Waals surface area contributed by atoms with E-state index in [0.717, 1.165) is 3.79 Å². The number of carbonyl (C=O) groups excluding carboxylic acids is 1. The molecule has 66 valence electrons. The molecule has 6 heteroatoms. The molecular weight excluding hydrogens is 244 g/mol. The Bertz CT molecular complexity index is 276. The topological polar surface area (TPSA) is 51.2 Å². The SMILES string of the molecule is COCC(=O)Nc1ncc(Br)s1. The molecule has 1 heterocycles. The van der Waals surface area contributed by atoms with Crippen LogP contribution in [0.5, 0.6) is 0 Å². The van der Waals surface area contributed by atoms with E-state index in [9.17, 15) is 4.79 Å². The van der Waals surface area contributed by atoms with Crippen molar-refractivity contribution >= 4 is 38.3 Å². The van der Waals surface area contributed by atoms with Crippen molar-refractivity contribution in [3.8, 4) is 0 Å². The van der Waals surface area contributed by atoms with Gasteiger partial charge in [0.05, 0.1) is 9.98 Å². The van der Waals surface area contributed by atoms with Crippen LogP contribution in [0.3, 0.4) is 0 Å². The van der Waals surface area contributed by atoms with Crippen molar-refractivity contribution < 1.29 is 9.53 Å². The molecule has 0 aromatic carbocycles. The number of ether oxygens (including phenoxy) is 1. The molecule has 0 unspecified atom stereocenters. The second-order valence-corrected chi connectivity index (χ2v) is 4.36. The maximum Gasteiger partial charge on any atom is 0.252 e. The van der Waals surface area contributed by atoms with Crippen LogP contribution in [-0.4, -0.2) is 24.6 Å². The Morgan fingerprint density at radius 1 is 1.92 bits per heavy atom.